The Morgan fingerprint density at radius 3 is 2.81 bits per heavy atom. The molecule has 1 N–H and O–H groups in total. The number of aliphatic hydroxyl groups excluding tert-OH is 1. The molecule has 1 aromatic carbocycles. The largest absolute Gasteiger partial charge is 0.495 e. The minimum Gasteiger partial charge on any atom is -0.495 e. The van der Waals surface area contributed by atoms with Gasteiger partial charge in [-0.05, 0) is 48.9 Å². The first kappa shape index (κ1) is 17.8. The zero-order valence-corrected chi connectivity index (χ0v) is 16.0. The SMILES string of the molecule is COc1ccc(CN2CCCn3nc([C@H](O)C4CCC4)cc3C2)cc1Cl. The Morgan fingerprint density at radius 2 is 2.12 bits per heavy atom. The maximum atomic E-state index is 10.5. The van der Waals surface area contributed by atoms with Gasteiger partial charge in [0.25, 0.3) is 0 Å². The van der Waals surface area contributed by atoms with Crippen LogP contribution in [0.25, 0.3) is 0 Å². The van der Waals surface area contributed by atoms with Crippen molar-refractivity contribution in [2.24, 2.45) is 5.92 Å². The molecule has 0 unspecified atom stereocenters. The Hall–Kier alpha value is -1.56. The van der Waals surface area contributed by atoms with Crippen LogP contribution in [0.3, 0.4) is 0 Å². The van der Waals surface area contributed by atoms with Gasteiger partial charge in [0.15, 0.2) is 0 Å². The van der Waals surface area contributed by atoms with Crippen LogP contribution in [0, 0.1) is 5.92 Å². The zero-order valence-electron chi connectivity index (χ0n) is 15.2. The molecule has 0 bridgehead atoms. The Labute approximate surface area is 159 Å². The van der Waals surface area contributed by atoms with Crippen molar-refractivity contribution in [1.82, 2.24) is 14.7 Å². The minimum absolute atomic E-state index is 0.395. The molecular formula is C20H26ClN3O2. The monoisotopic (exact) mass is 375 g/mol. The number of methoxy groups -OCH3 is 1. The molecule has 2 aromatic rings. The molecule has 2 heterocycles. The highest BCUT2D eigenvalue weighted by Crippen LogP contribution is 2.37. The number of halogens is 1. The Kier molecular flexibility index (Phi) is 5.20. The highest BCUT2D eigenvalue weighted by atomic mass is 35.5. The third-order valence-electron chi connectivity index (χ3n) is 5.63. The molecule has 140 valence electrons. The number of fused-ring (bicyclic) bond motifs is 1. The number of nitrogens with zero attached hydrogens (tertiary/aromatic N) is 3. The van der Waals surface area contributed by atoms with Gasteiger partial charge in [0.1, 0.15) is 11.9 Å². The molecule has 1 atom stereocenters. The molecule has 1 saturated carbocycles. The van der Waals surface area contributed by atoms with Crippen LogP contribution in [0.5, 0.6) is 5.75 Å². The zero-order chi connectivity index (χ0) is 18.1. The average Bonchev–Trinajstić information content (AvgIpc) is 2.87. The van der Waals surface area contributed by atoms with Gasteiger partial charge in [-0.3, -0.25) is 9.58 Å². The summed E-state index contributed by atoms with van der Waals surface area (Å²) in [7, 11) is 1.63. The number of rotatable bonds is 5. The fourth-order valence-corrected chi connectivity index (χ4v) is 4.17. The van der Waals surface area contributed by atoms with E-state index in [2.05, 4.69) is 21.7 Å². The topological polar surface area (TPSA) is 50.5 Å². The lowest BCUT2D eigenvalue weighted by Gasteiger charge is -2.29. The van der Waals surface area contributed by atoms with Crippen LogP contribution in [-0.2, 0) is 19.6 Å². The summed E-state index contributed by atoms with van der Waals surface area (Å²) in [5.74, 6) is 1.10. The standard InChI is InChI=1S/C20H26ClN3O2/c1-26-19-7-6-14(10-17(19)21)12-23-8-3-9-24-16(13-23)11-18(22-24)20(25)15-4-2-5-15/h6-7,10-11,15,20,25H,2-5,8-9,12-13H2,1H3/t20-/m1/s1. The van der Waals surface area contributed by atoms with E-state index in [1.165, 1.54) is 17.7 Å². The van der Waals surface area contributed by atoms with Gasteiger partial charge in [0.2, 0.25) is 0 Å². The normalized spacial score (nSPS) is 19.5. The van der Waals surface area contributed by atoms with Crippen molar-refractivity contribution in [3.63, 3.8) is 0 Å². The fraction of sp³-hybridized carbons (Fsp3) is 0.550. The van der Waals surface area contributed by atoms with Gasteiger partial charge in [-0.1, -0.05) is 24.1 Å². The van der Waals surface area contributed by atoms with Crippen molar-refractivity contribution in [1.29, 1.82) is 0 Å². The van der Waals surface area contributed by atoms with Crippen LogP contribution in [-0.4, -0.2) is 33.4 Å². The van der Waals surface area contributed by atoms with E-state index in [1.807, 2.05) is 12.1 Å². The van der Waals surface area contributed by atoms with E-state index in [0.717, 1.165) is 51.1 Å². The molecule has 26 heavy (non-hydrogen) atoms. The Balaban J connectivity index is 1.47. The number of hydrogen-bond acceptors (Lipinski definition) is 4. The van der Waals surface area contributed by atoms with Crippen molar-refractivity contribution in [2.45, 2.75) is 51.4 Å². The second-order valence-corrected chi connectivity index (χ2v) is 7.86. The predicted molar refractivity (Wildman–Crippen MR) is 101 cm³/mol. The van der Waals surface area contributed by atoms with Gasteiger partial charge < -0.3 is 9.84 Å². The summed E-state index contributed by atoms with van der Waals surface area (Å²) < 4.78 is 7.32. The van der Waals surface area contributed by atoms with Crippen molar-refractivity contribution in [3.8, 4) is 5.75 Å². The first-order valence-corrected chi connectivity index (χ1v) is 9.81. The second-order valence-electron chi connectivity index (χ2n) is 7.45. The van der Waals surface area contributed by atoms with E-state index in [0.29, 0.717) is 16.7 Å². The molecule has 1 aromatic heterocycles. The summed E-state index contributed by atoms with van der Waals surface area (Å²) in [6, 6.07) is 8.07. The van der Waals surface area contributed by atoms with Crippen molar-refractivity contribution in [3.05, 3.63) is 46.2 Å². The van der Waals surface area contributed by atoms with Crippen molar-refractivity contribution in [2.75, 3.05) is 13.7 Å². The molecular weight excluding hydrogens is 350 g/mol. The maximum Gasteiger partial charge on any atom is 0.137 e. The van der Waals surface area contributed by atoms with E-state index < -0.39 is 6.10 Å². The molecule has 0 spiro atoms. The number of ether oxygens (including phenoxy) is 1. The molecule has 0 radical (unpaired) electrons. The molecule has 0 amide bonds. The van der Waals surface area contributed by atoms with Gasteiger partial charge in [0.05, 0.1) is 23.5 Å². The van der Waals surface area contributed by atoms with Gasteiger partial charge >= 0.3 is 0 Å². The van der Waals surface area contributed by atoms with Crippen LogP contribution in [0.15, 0.2) is 24.3 Å². The first-order chi connectivity index (χ1) is 12.6. The lowest BCUT2D eigenvalue weighted by atomic mass is 9.80. The predicted octanol–water partition coefficient (Wildman–Crippen LogP) is 3.78. The summed E-state index contributed by atoms with van der Waals surface area (Å²) in [6.07, 6.45) is 4.11. The molecule has 6 heteroatoms. The second kappa shape index (κ2) is 7.59. The van der Waals surface area contributed by atoms with E-state index in [4.69, 9.17) is 21.4 Å². The van der Waals surface area contributed by atoms with Crippen LogP contribution in [0.4, 0.5) is 0 Å². The molecule has 4 rings (SSSR count). The highest BCUT2D eigenvalue weighted by molar-refractivity contribution is 6.32. The van der Waals surface area contributed by atoms with E-state index >= 15 is 0 Å². The average molecular weight is 376 g/mol. The molecule has 5 nitrogen and oxygen atoms in total. The maximum absolute atomic E-state index is 10.5. The quantitative estimate of drug-likeness (QED) is 0.863. The summed E-state index contributed by atoms with van der Waals surface area (Å²) in [5, 5.41) is 15.9. The number of aromatic nitrogens is 2. The number of benzene rings is 1. The first-order valence-electron chi connectivity index (χ1n) is 9.43. The van der Waals surface area contributed by atoms with Crippen LogP contribution < -0.4 is 4.74 Å². The fourth-order valence-electron chi connectivity index (χ4n) is 3.89. The Morgan fingerprint density at radius 1 is 1.27 bits per heavy atom. The van der Waals surface area contributed by atoms with Gasteiger partial charge in [0, 0.05) is 26.2 Å². The summed E-state index contributed by atoms with van der Waals surface area (Å²) in [4.78, 5) is 2.41. The van der Waals surface area contributed by atoms with Crippen molar-refractivity contribution >= 4 is 11.6 Å². The van der Waals surface area contributed by atoms with Crippen molar-refractivity contribution < 1.29 is 9.84 Å². The number of hydrogen-bond donors (Lipinski definition) is 1. The molecule has 1 fully saturated rings. The highest BCUT2D eigenvalue weighted by Gasteiger charge is 2.29. The number of aryl methyl sites for hydroxylation is 1. The molecule has 0 saturated heterocycles. The third kappa shape index (κ3) is 3.61. The van der Waals surface area contributed by atoms with Crippen LogP contribution in [0.2, 0.25) is 5.02 Å². The van der Waals surface area contributed by atoms with Gasteiger partial charge in [-0.25, -0.2) is 0 Å². The van der Waals surface area contributed by atoms with E-state index in [1.54, 1.807) is 7.11 Å². The molecule has 1 aliphatic heterocycles. The summed E-state index contributed by atoms with van der Waals surface area (Å²) >= 11 is 6.26. The van der Waals surface area contributed by atoms with Gasteiger partial charge in [-0.2, -0.15) is 5.10 Å². The lowest BCUT2D eigenvalue weighted by molar-refractivity contribution is 0.0581. The lowest BCUT2D eigenvalue weighted by Crippen LogP contribution is -2.23. The summed E-state index contributed by atoms with van der Waals surface area (Å²) in [6.45, 7) is 3.61. The smallest absolute Gasteiger partial charge is 0.137 e. The minimum atomic E-state index is -0.406. The summed E-state index contributed by atoms with van der Waals surface area (Å²) in [5.41, 5.74) is 3.22. The van der Waals surface area contributed by atoms with Crippen LogP contribution in [0.1, 0.15) is 48.7 Å². The third-order valence-corrected chi connectivity index (χ3v) is 5.93. The van der Waals surface area contributed by atoms with Gasteiger partial charge in [-0.15, -0.1) is 0 Å². The van der Waals surface area contributed by atoms with Crippen LogP contribution >= 0.6 is 11.6 Å². The van der Waals surface area contributed by atoms with E-state index in [9.17, 15) is 5.11 Å². The Bertz CT molecular complexity index is 772. The number of aliphatic hydroxyl groups is 1. The molecule has 1 aliphatic carbocycles. The van der Waals surface area contributed by atoms with E-state index in [-0.39, 0.29) is 0 Å². The molecule has 2 aliphatic rings.